The topological polar surface area (TPSA) is 59.0 Å². The third kappa shape index (κ3) is 3.97. The lowest BCUT2D eigenvalue weighted by molar-refractivity contribution is -0.163. The second-order valence-corrected chi connectivity index (χ2v) is 7.00. The molecule has 0 radical (unpaired) electrons. The number of aryl methyl sites for hydroxylation is 1. The highest BCUT2D eigenvalue weighted by atomic mass is 16.5. The van der Waals surface area contributed by atoms with E-state index >= 15 is 0 Å². The van der Waals surface area contributed by atoms with Gasteiger partial charge in [-0.3, -0.25) is 4.79 Å². The summed E-state index contributed by atoms with van der Waals surface area (Å²) in [7, 11) is 0. The van der Waals surface area contributed by atoms with E-state index in [1.54, 1.807) is 0 Å². The summed E-state index contributed by atoms with van der Waals surface area (Å²) in [5, 5.41) is 9.98. The lowest BCUT2D eigenvalue weighted by Crippen LogP contribution is -2.58. The molecule has 1 atom stereocenters. The van der Waals surface area contributed by atoms with Crippen LogP contribution in [0.1, 0.15) is 24.0 Å². The van der Waals surface area contributed by atoms with Crippen molar-refractivity contribution >= 4 is 5.91 Å². The molecule has 2 aliphatic rings. The van der Waals surface area contributed by atoms with E-state index in [-0.39, 0.29) is 18.4 Å². The maximum Gasteiger partial charge on any atom is 0.226 e. The largest absolute Gasteiger partial charge is 0.393 e. The van der Waals surface area contributed by atoms with Gasteiger partial charge < -0.3 is 19.5 Å². The van der Waals surface area contributed by atoms with Crippen molar-refractivity contribution in [2.24, 2.45) is 5.92 Å². The van der Waals surface area contributed by atoms with Crippen molar-refractivity contribution in [1.29, 1.82) is 0 Å². The summed E-state index contributed by atoms with van der Waals surface area (Å²) in [6, 6.07) is 8.26. The number of carbonyl (C=O) groups excluding carboxylic acids is 1. The Morgan fingerprint density at radius 1 is 1.25 bits per heavy atom. The molecule has 2 fully saturated rings. The van der Waals surface area contributed by atoms with Gasteiger partial charge in [-0.15, -0.1) is 0 Å². The normalized spacial score (nSPS) is 25.7. The van der Waals surface area contributed by atoms with E-state index in [9.17, 15) is 9.90 Å². The quantitative estimate of drug-likeness (QED) is 0.908. The van der Waals surface area contributed by atoms with Gasteiger partial charge in [0.15, 0.2) is 0 Å². The van der Waals surface area contributed by atoms with E-state index in [4.69, 9.17) is 9.47 Å². The summed E-state index contributed by atoms with van der Waals surface area (Å²) in [6.45, 7) is 4.82. The highest BCUT2D eigenvalue weighted by Crippen LogP contribution is 2.26. The predicted molar refractivity (Wildman–Crippen MR) is 90.8 cm³/mol. The Bertz CT molecular complexity index is 553. The van der Waals surface area contributed by atoms with Gasteiger partial charge in [-0.1, -0.05) is 29.8 Å². The fourth-order valence-electron chi connectivity index (χ4n) is 3.57. The number of benzene rings is 1. The SMILES string of the molecule is Cc1ccc(C[C@@]2(CO)CN(C(=O)C3CCOCC3)CCO2)cc1. The summed E-state index contributed by atoms with van der Waals surface area (Å²) in [5.41, 5.74) is 1.63. The Kier molecular flexibility index (Phi) is 5.54. The molecule has 3 rings (SSSR count). The van der Waals surface area contributed by atoms with E-state index in [2.05, 4.69) is 31.2 Å². The highest BCUT2D eigenvalue weighted by molar-refractivity contribution is 5.79. The summed E-state index contributed by atoms with van der Waals surface area (Å²) in [5.74, 6) is 0.232. The molecule has 2 saturated heterocycles. The minimum Gasteiger partial charge on any atom is -0.393 e. The van der Waals surface area contributed by atoms with Crippen LogP contribution in [0.25, 0.3) is 0 Å². The minimum atomic E-state index is -0.700. The van der Waals surface area contributed by atoms with Crippen LogP contribution >= 0.6 is 0 Å². The molecule has 0 spiro atoms. The van der Waals surface area contributed by atoms with Crippen molar-refractivity contribution in [2.45, 2.75) is 31.8 Å². The van der Waals surface area contributed by atoms with Crippen LogP contribution in [-0.4, -0.2) is 61.0 Å². The lowest BCUT2D eigenvalue weighted by atomic mass is 9.91. The number of hydrogen-bond acceptors (Lipinski definition) is 4. The third-order valence-corrected chi connectivity index (χ3v) is 5.07. The van der Waals surface area contributed by atoms with Crippen molar-refractivity contribution in [1.82, 2.24) is 4.90 Å². The molecule has 1 N–H and O–H groups in total. The lowest BCUT2D eigenvalue weighted by Gasteiger charge is -2.43. The maximum absolute atomic E-state index is 12.8. The van der Waals surface area contributed by atoms with Crippen molar-refractivity contribution in [2.75, 3.05) is 39.5 Å². The van der Waals surface area contributed by atoms with Gasteiger partial charge in [-0.25, -0.2) is 0 Å². The van der Waals surface area contributed by atoms with Crippen LogP contribution in [0.5, 0.6) is 0 Å². The zero-order valence-electron chi connectivity index (χ0n) is 14.4. The molecule has 2 heterocycles. The zero-order valence-corrected chi connectivity index (χ0v) is 14.4. The second-order valence-electron chi connectivity index (χ2n) is 7.00. The van der Waals surface area contributed by atoms with Crippen LogP contribution in [0, 0.1) is 12.8 Å². The monoisotopic (exact) mass is 333 g/mol. The molecule has 0 aliphatic carbocycles. The number of morpholine rings is 1. The second kappa shape index (κ2) is 7.64. The summed E-state index contributed by atoms with van der Waals surface area (Å²) >= 11 is 0. The Labute approximate surface area is 143 Å². The number of aliphatic hydroxyl groups is 1. The molecule has 1 amide bonds. The minimum absolute atomic E-state index is 0.0487. The molecule has 1 aromatic carbocycles. The van der Waals surface area contributed by atoms with Crippen LogP contribution < -0.4 is 0 Å². The molecule has 0 saturated carbocycles. The number of nitrogens with zero attached hydrogens (tertiary/aromatic N) is 1. The van der Waals surface area contributed by atoms with Gasteiger partial charge in [0.05, 0.1) is 19.8 Å². The van der Waals surface area contributed by atoms with Gasteiger partial charge in [0, 0.05) is 32.1 Å². The van der Waals surface area contributed by atoms with Gasteiger partial charge in [0.25, 0.3) is 0 Å². The first-order valence-electron chi connectivity index (χ1n) is 8.79. The fraction of sp³-hybridized carbons (Fsp3) is 0.632. The van der Waals surface area contributed by atoms with Gasteiger partial charge in [0.1, 0.15) is 5.60 Å². The number of ether oxygens (including phenoxy) is 2. The van der Waals surface area contributed by atoms with Crippen molar-refractivity contribution in [3.8, 4) is 0 Å². The number of hydrogen-bond donors (Lipinski definition) is 1. The van der Waals surface area contributed by atoms with E-state index in [1.807, 2.05) is 4.90 Å². The Balaban J connectivity index is 1.69. The Morgan fingerprint density at radius 3 is 2.62 bits per heavy atom. The molecular weight excluding hydrogens is 306 g/mol. The summed E-state index contributed by atoms with van der Waals surface area (Å²) < 4.78 is 11.3. The molecule has 2 aliphatic heterocycles. The van der Waals surface area contributed by atoms with Crippen LogP contribution in [-0.2, 0) is 20.7 Å². The third-order valence-electron chi connectivity index (χ3n) is 5.07. The molecule has 0 unspecified atom stereocenters. The van der Waals surface area contributed by atoms with E-state index in [1.165, 1.54) is 5.56 Å². The molecular formula is C19H27NO4. The first-order valence-corrected chi connectivity index (χ1v) is 8.79. The average Bonchev–Trinajstić information content (AvgIpc) is 2.64. The van der Waals surface area contributed by atoms with Gasteiger partial charge >= 0.3 is 0 Å². The predicted octanol–water partition coefficient (Wildman–Crippen LogP) is 1.55. The molecule has 5 heteroatoms. The highest BCUT2D eigenvalue weighted by Gasteiger charge is 2.39. The summed E-state index contributed by atoms with van der Waals surface area (Å²) in [4.78, 5) is 14.7. The standard InChI is InChI=1S/C19H27NO4/c1-15-2-4-16(5-3-15)12-19(14-21)13-20(8-11-24-19)18(22)17-6-9-23-10-7-17/h2-5,17,21H,6-14H2,1H3/t19-/m0/s1. The van der Waals surface area contributed by atoms with Crippen molar-refractivity contribution in [3.63, 3.8) is 0 Å². The molecule has 0 aromatic heterocycles. The number of carbonyl (C=O) groups is 1. The van der Waals surface area contributed by atoms with Crippen LogP contribution in [0.15, 0.2) is 24.3 Å². The average molecular weight is 333 g/mol. The number of aliphatic hydroxyl groups excluding tert-OH is 1. The Hall–Kier alpha value is -1.43. The van der Waals surface area contributed by atoms with E-state index in [0.29, 0.717) is 39.3 Å². The fourth-order valence-corrected chi connectivity index (χ4v) is 3.57. The smallest absolute Gasteiger partial charge is 0.226 e. The molecule has 0 bridgehead atoms. The molecule has 1 aromatic rings. The van der Waals surface area contributed by atoms with Gasteiger partial charge in [-0.05, 0) is 25.3 Å². The zero-order chi connectivity index (χ0) is 17.0. The van der Waals surface area contributed by atoms with Crippen molar-refractivity contribution < 1.29 is 19.4 Å². The first kappa shape index (κ1) is 17.4. The van der Waals surface area contributed by atoms with Gasteiger partial charge in [0.2, 0.25) is 5.91 Å². The summed E-state index contributed by atoms with van der Waals surface area (Å²) in [6.07, 6.45) is 2.20. The number of rotatable bonds is 4. The van der Waals surface area contributed by atoms with Crippen molar-refractivity contribution in [3.05, 3.63) is 35.4 Å². The van der Waals surface area contributed by atoms with Gasteiger partial charge in [-0.2, -0.15) is 0 Å². The van der Waals surface area contributed by atoms with Crippen LogP contribution in [0.2, 0.25) is 0 Å². The van der Waals surface area contributed by atoms with Crippen LogP contribution in [0.4, 0.5) is 0 Å². The van der Waals surface area contributed by atoms with E-state index in [0.717, 1.165) is 18.4 Å². The van der Waals surface area contributed by atoms with E-state index < -0.39 is 5.60 Å². The molecule has 5 nitrogen and oxygen atoms in total. The molecule has 24 heavy (non-hydrogen) atoms. The molecule has 132 valence electrons. The number of amides is 1. The Morgan fingerprint density at radius 2 is 1.96 bits per heavy atom. The maximum atomic E-state index is 12.8. The first-order chi connectivity index (χ1) is 11.6. The van der Waals surface area contributed by atoms with Crippen LogP contribution in [0.3, 0.4) is 0 Å².